The molecule has 3 heterocycles. The summed E-state index contributed by atoms with van der Waals surface area (Å²) in [4.78, 5) is 72.3. The van der Waals surface area contributed by atoms with Crippen molar-refractivity contribution in [3.8, 4) is 10.4 Å². The summed E-state index contributed by atoms with van der Waals surface area (Å²) >= 11 is 1.58. The quantitative estimate of drug-likeness (QED) is 0.0259. The van der Waals surface area contributed by atoms with Gasteiger partial charge in [-0.15, -0.1) is 16.4 Å². The zero-order chi connectivity index (χ0) is 50.0. The van der Waals surface area contributed by atoms with Crippen molar-refractivity contribution in [3.63, 3.8) is 0 Å². The van der Waals surface area contributed by atoms with E-state index in [2.05, 4.69) is 36.6 Å². The third kappa shape index (κ3) is 15.9. The average Bonchev–Trinajstić information content (AvgIpc) is 4.10. The number of alkyl carbamates (subject to hydrolysis) is 1. The molecule has 1 saturated heterocycles. The van der Waals surface area contributed by atoms with Gasteiger partial charge in [-0.3, -0.25) is 23.9 Å². The molecule has 5 amide bonds. The number of nitrogens with one attached hydrogen (secondary N) is 4. The van der Waals surface area contributed by atoms with Gasteiger partial charge in [-0.2, -0.15) is 0 Å². The Labute approximate surface area is 414 Å². The monoisotopic (exact) mass is 976 g/mol. The predicted octanol–water partition coefficient (Wildman–Crippen LogP) is 7.68. The van der Waals surface area contributed by atoms with E-state index >= 15 is 0 Å². The van der Waals surface area contributed by atoms with Crippen molar-refractivity contribution in [1.82, 2.24) is 40.8 Å². The zero-order valence-corrected chi connectivity index (χ0v) is 41.6. The summed E-state index contributed by atoms with van der Waals surface area (Å²) < 4.78 is 7.08. The normalized spacial score (nSPS) is 15.0. The van der Waals surface area contributed by atoms with Gasteiger partial charge in [0.15, 0.2) is 0 Å². The van der Waals surface area contributed by atoms with Crippen molar-refractivity contribution in [2.24, 2.45) is 5.41 Å². The number of β-amino-alcohol motifs (C(OH)–C–C–N with tert-alkyl or cyclic N) is 1. The molecule has 1 aliphatic heterocycles. The van der Waals surface area contributed by atoms with E-state index in [1.807, 2.05) is 57.5 Å². The molecule has 7 N–H and O–H groups in total. The van der Waals surface area contributed by atoms with E-state index in [1.54, 1.807) is 70.7 Å². The lowest BCUT2D eigenvalue weighted by Crippen LogP contribution is -2.57. The number of para-hydroxylation sites is 2. The van der Waals surface area contributed by atoms with Gasteiger partial charge >= 0.3 is 6.09 Å². The molecule has 1 aliphatic rings. The van der Waals surface area contributed by atoms with Gasteiger partial charge in [0.1, 0.15) is 24.4 Å². The molecule has 3 aromatic carbocycles. The van der Waals surface area contributed by atoms with E-state index in [4.69, 9.17) is 10.5 Å². The van der Waals surface area contributed by atoms with Crippen LogP contribution in [0.1, 0.15) is 124 Å². The molecular weight excluding hydrogens is 909 g/mol. The van der Waals surface area contributed by atoms with Crippen LogP contribution in [-0.2, 0) is 45.4 Å². The SMILES string of the molecule is Cc1ncsc1-c1ccc(CNC(=O)[C@@H]2C[C@@H](O)CN2C(=O)[C@@H](NC(=O)CCCCCCCCCCCn2cc(COC(=O)NCc3ccc(C(=O)Nc4ccccc4N)cc3)nn2)C(C)(C)C)cc1. The van der Waals surface area contributed by atoms with E-state index in [0.717, 1.165) is 85.2 Å². The van der Waals surface area contributed by atoms with Gasteiger partial charge in [-0.1, -0.05) is 119 Å². The number of hydrogen-bond acceptors (Lipinski definition) is 12. The van der Waals surface area contributed by atoms with E-state index < -0.39 is 29.7 Å². The van der Waals surface area contributed by atoms with Gasteiger partial charge in [0.25, 0.3) is 5.91 Å². The number of hydrogen-bond donors (Lipinski definition) is 6. The number of aryl methyl sites for hydroxylation is 2. The second kappa shape index (κ2) is 25.8. The Morgan fingerprint density at radius 3 is 2.16 bits per heavy atom. The summed E-state index contributed by atoms with van der Waals surface area (Å²) in [6, 6.07) is 20.2. The van der Waals surface area contributed by atoms with Crippen molar-refractivity contribution in [2.75, 3.05) is 17.6 Å². The first-order chi connectivity index (χ1) is 33.6. The predicted molar refractivity (Wildman–Crippen MR) is 270 cm³/mol. The Kier molecular flexibility index (Phi) is 19.4. The fraction of sp³-hybridized carbons (Fsp3) is 0.462. The number of anilines is 2. The van der Waals surface area contributed by atoms with Crippen LogP contribution < -0.4 is 27.0 Å². The first-order valence-electron chi connectivity index (χ1n) is 24.2. The summed E-state index contributed by atoms with van der Waals surface area (Å²) in [7, 11) is 0. The van der Waals surface area contributed by atoms with Crippen molar-refractivity contribution in [3.05, 3.63) is 113 Å². The highest BCUT2D eigenvalue weighted by atomic mass is 32.1. The molecule has 0 spiro atoms. The van der Waals surface area contributed by atoms with Gasteiger partial charge in [-0.25, -0.2) is 9.78 Å². The molecule has 18 heteroatoms. The first kappa shape index (κ1) is 52.7. The van der Waals surface area contributed by atoms with Crippen LogP contribution in [0, 0.1) is 12.3 Å². The van der Waals surface area contributed by atoms with Crippen LogP contribution in [0.2, 0.25) is 0 Å². The molecule has 3 atom stereocenters. The molecule has 0 bridgehead atoms. The number of likely N-dealkylation sites (tertiary alicyclic amines) is 1. The van der Waals surface area contributed by atoms with Crippen molar-refractivity contribution in [1.29, 1.82) is 0 Å². The largest absolute Gasteiger partial charge is 0.443 e. The summed E-state index contributed by atoms with van der Waals surface area (Å²) in [5.41, 5.74) is 12.9. The standard InChI is InChI=1S/C52H68N10O7S/c1-35-46(70-34-56-35)38-23-19-36(20-24-38)29-54-49(66)44-28-41(63)32-62(44)50(67)47(52(2,3)4)58-45(64)18-12-10-8-6-5-7-9-11-15-27-61-31-40(59-60-61)33-69-51(68)55-30-37-21-25-39(26-22-37)48(65)57-43-17-14-13-16-42(43)53/h13-14,16-17,19-26,31,34,41,44,47,63H,5-12,15,18,27-30,32-33,53H2,1-4H3,(H,54,66)(H,55,68)(H,57,65)(H,58,64)/t41-,44+,47-/m1/s1. The summed E-state index contributed by atoms with van der Waals surface area (Å²) in [6.45, 7) is 8.90. The number of carbonyl (C=O) groups excluding carboxylic acids is 5. The topological polar surface area (TPSA) is 236 Å². The molecule has 0 unspecified atom stereocenters. The highest BCUT2D eigenvalue weighted by Crippen LogP contribution is 2.29. The lowest BCUT2D eigenvalue weighted by molar-refractivity contribution is -0.144. The molecule has 17 nitrogen and oxygen atoms in total. The zero-order valence-electron chi connectivity index (χ0n) is 40.7. The van der Waals surface area contributed by atoms with Crippen molar-refractivity contribution >= 4 is 52.4 Å². The number of ether oxygens (including phenoxy) is 1. The Morgan fingerprint density at radius 2 is 1.50 bits per heavy atom. The molecule has 6 rings (SSSR count). The first-order valence-corrected chi connectivity index (χ1v) is 25.1. The van der Waals surface area contributed by atoms with Crippen LogP contribution in [0.25, 0.3) is 10.4 Å². The minimum Gasteiger partial charge on any atom is -0.443 e. The number of carbonyl (C=O) groups is 5. The van der Waals surface area contributed by atoms with E-state index in [9.17, 15) is 29.1 Å². The minimum absolute atomic E-state index is 0.00519. The molecule has 0 aliphatic carbocycles. The molecule has 2 aromatic heterocycles. The Balaban J connectivity index is 0.790. The number of aromatic nitrogens is 4. The number of unbranched alkanes of at least 4 members (excludes halogenated alkanes) is 8. The van der Waals surface area contributed by atoms with Crippen LogP contribution in [0.15, 0.2) is 84.5 Å². The second-order valence-corrected chi connectivity index (χ2v) is 19.9. The molecule has 0 radical (unpaired) electrons. The van der Waals surface area contributed by atoms with E-state index in [-0.39, 0.29) is 56.3 Å². The number of nitrogens with two attached hydrogens (primary N) is 1. The van der Waals surface area contributed by atoms with Crippen LogP contribution in [0.5, 0.6) is 0 Å². The van der Waals surface area contributed by atoms with Crippen molar-refractivity contribution < 1.29 is 33.8 Å². The summed E-state index contributed by atoms with van der Waals surface area (Å²) in [5, 5.41) is 30.3. The van der Waals surface area contributed by atoms with Crippen LogP contribution in [-0.4, -0.2) is 84.4 Å². The van der Waals surface area contributed by atoms with Crippen molar-refractivity contribution in [2.45, 2.75) is 143 Å². The summed E-state index contributed by atoms with van der Waals surface area (Å²) in [5.74, 6) is -1.18. The number of thiazole rings is 1. The summed E-state index contributed by atoms with van der Waals surface area (Å²) in [6.07, 6.45) is 9.89. The minimum atomic E-state index is -0.851. The highest BCUT2D eigenvalue weighted by Gasteiger charge is 2.44. The number of nitrogens with zero attached hydrogens (tertiary/aromatic N) is 5. The van der Waals surface area contributed by atoms with Gasteiger partial charge in [0, 0.05) is 44.6 Å². The lowest BCUT2D eigenvalue weighted by Gasteiger charge is -2.35. The fourth-order valence-electron chi connectivity index (χ4n) is 8.27. The Morgan fingerprint density at radius 1 is 0.857 bits per heavy atom. The van der Waals surface area contributed by atoms with Gasteiger partial charge in [0.2, 0.25) is 17.7 Å². The molecule has 5 aromatic rings. The fourth-order valence-corrected chi connectivity index (χ4v) is 9.08. The maximum atomic E-state index is 14.0. The Bertz CT molecular complexity index is 2500. The molecule has 1 fully saturated rings. The maximum absolute atomic E-state index is 14.0. The van der Waals surface area contributed by atoms with Crippen LogP contribution in [0.3, 0.4) is 0 Å². The number of nitrogen functional groups attached to an aromatic ring is 1. The van der Waals surface area contributed by atoms with Gasteiger partial charge in [0.05, 0.1) is 39.8 Å². The Hall–Kier alpha value is -6.66. The third-order valence-corrected chi connectivity index (χ3v) is 13.3. The van der Waals surface area contributed by atoms with Crippen LogP contribution >= 0.6 is 11.3 Å². The van der Waals surface area contributed by atoms with E-state index in [0.29, 0.717) is 35.5 Å². The molecule has 70 heavy (non-hydrogen) atoms. The number of rotatable bonds is 24. The average molecular weight is 977 g/mol. The van der Waals surface area contributed by atoms with E-state index in [1.165, 1.54) is 4.90 Å². The van der Waals surface area contributed by atoms with Crippen LogP contribution in [0.4, 0.5) is 16.2 Å². The molecular formula is C52H68N10O7S. The number of benzene rings is 3. The van der Waals surface area contributed by atoms with Gasteiger partial charge < -0.3 is 41.7 Å². The highest BCUT2D eigenvalue weighted by molar-refractivity contribution is 7.13. The number of aliphatic hydroxyl groups excluding tert-OH is 1. The maximum Gasteiger partial charge on any atom is 0.407 e. The van der Waals surface area contributed by atoms with Gasteiger partial charge in [-0.05, 0) is 66.1 Å². The molecule has 0 saturated carbocycles. The number of aliphatic hydroxyl groups is 1. The lowest BCUT2D eigenvalue weighted by atomic mass is 9.85. The third-order valence-electron chi connectivity index (χ3n) is 12.3. The smallest absolute Gasteiger partial charge is 0.407 e. The molecule has 374 valence electrons. The number of amides is 5. The second-order valence-electron chi connectivity index (χ2n) is 19.0.